The van der Waals surface area contributed by atoms with E-state index in [0.29, 0.717) is 13.1 Å². The molecule has 3 aliphatic rings. The van der Waals surface area contributed by atoms with Crippen molar-refractivity contribution in [3.63, 3.8) is 0 Å². The minimum atomic E-state index is -3.43. The van der Waals surface area contributed by atoms with Gasteiger partial charge in [-0.25, -0.2) is 13.4 Å². The Morgan fingerprint density at radius 3 is 2.57 bits per heavy atom. The third-order valence-electron chi connectivity index (χ3n) is 5.86. The molecule has 0 unspecified atom stereocenters. The highest BCUT2D eigenvalue weighted by Gasteiger charge is 2.46. The van der Waals surface area contributed by atoms with Crippen LogP contribution in [-0.2, 0) is 17.1 Å². The van der Waals surface area contributed by atoms with Crippen molar-refractivity contribution < 1.29 is 8.42 Å². The molecule has 3 heterocycles. The number of sulfonamides is 1. The third-order valence-corrected chi connectivity index (χ3v) is 7.64. The van der Waals surface area contributed by atoms with Crippen molar-refractivity contribution in [2.24, 2.45) is 13.0 Å². The SMILES string of the molecule is Cn1cnc(S(=O)(=O)N2CCC3(CCCN3CC3CC3)CC2)c1. The lowest BCUT2D eigenvalue weighted by Gasteiger charge is -2.44. The number of imidazole rings is 1. The number of aryl methyl sites for hydroxylation is 1. The molecule has 4 rings (SSSR count). The number of piperidine rings is 1. The fourth-order valence-electron chi connectivity index (χ4n) is 4.25. The van der Waals surface area contributed by atoms with Crippen LogP contribution in [0, 0.1) is 5.92 Å². The summed E-state index contributed by atoms with van der Waals surface area (Å²) in [6.45, 7) is 3.68. The topological polar surface area (TPSA) is 58.4 Å². The van der Waals surface area contributed by atoms with Gasteiger partial charge in [0, 0.05) is 38.4 Å². The van der Waals surface area contributed by atoms with Crippen LogP contribution in [0.5, 0.6) is 0 Å². The van der Waals surface area contributed by atoms with Crippen molar-refractivity contribution in [1.29, 1.82) is 0 Å². The first-order valence-corrected chi connectivity index (χ1v) is 10.2. The smallest absolute Gasteiger partial charge is 0.262 e. The number of rotatable bonds is 4. The fourth-order valence-corrected chi connectivity index (χ4v) is 5.66. The van der Waals surface area contributed by atoms with Crippen LogP contribution in [0.3, 0.4) is 0 Å². The maximum Gasteiger partial charge on any atom is 0.262 e. The third kappa shape index (κ3) is 2.83. The summed E-state index contributed by atoms with van der Waals surface area (Å²) in [6, 6.07) is 0. The molecular weight excluding hydrogens is 312 g/mol. The van der Waals surface area contributed by atoms with E-state index in [0.717, 1.165) is 18.8 Å². The van der Waals surface area contributed by atoms with Crippen LogP contribution in [0.4, 0.5) is 0 Å². The maximum atomic E-state index is 12.7. The number of hydrogen-bond donors (Lipinski definition) is 0. The molecule has 0 bridgehead atoms. The molecule has 1 spiro atoms. The molecule has 2 saturated heterocycles. The zero-order valence-electron chi connectivity index (χ0n) is 13.8. The van der Waals surface area contributed by atoms with Crippen molar-refractivity contribution in [3.8, 4) is 0 Å². The lowest BCUT2D eigenvalue weighted by atomic mass is 9.85. The molecule has 1 aliphatic carbocycles. The van der Waals surface area contributed by atoms with Crippen molar-refractivity contribution in [3.05, 3.63) is 12.5 Å². The molecule has 1 saturated carbocycles. The van der Waals surface area contributed by atoms with Crippen molar-refractivity contribution in [2.45, 2.75) is 49.1 Å². The number of hydrogen-bond acceptors (Lipinski definition) is 4. The highest BCUT2D eigenvalue weighted by molar-refractivity contribution is 7.89. The summed E-state index contributed by atoms with van der Waals surface area (Å²) in [5.74, 6) is 0.903. The van der Waals surface area contributed by atoms with Crippen LogP contribution in [0.1, 0.15) is 38.5 Å². The summed E-state index contributed by atoms with van der Waals surface area (Å²) in [6.07, 6.45) is 10.3. The van der Waals surface area contributed by atoms with Crippen LogP contribution < -0.4 is 0 Å². The van der Waals surface area contributed by atoms with Gasteiger partial charge in [-0.3, -0.25) is 4.90 Å². The van der Waals surface area contributed by atoms with E-state index in [-0.39, 0.29) is 10.6 Å². The molecule has 0 radical (unpaired) electrons. The molecule has 1 aromatic heterocycles. The number of likely N-dealkylation sites (tertiary alicyclic amines) is 1. The quantitative estimate of drug-likeness (QED) is 0.834. The van der Waals surface area contributed by atoms with Crippen LogP contribution in [0.25, 0.3) is 0 Å². The summed E-state index contributed by atoms with van der Waals surface area (Å²) < 4.78 is 28.7. The molecule has 0 N–H and O–H groups in total. The van der Waals surface area contributed by atoms with Gasteiger partial charge in [-0.15, -0.1) is 0 Å². The molecule has 0 atom stereocenters. The Morgan fingerprint density at radius 2 is 1.96 bits per heavy atom. The zero-order chi connectivity index (χ0) is 16.1. The molecule has 0 aromatic carbocycles. The van der Waals surface area contributed by atoms with Crippen LogP contribution in [-0.4, -0.2) is 58.9 Å². The van der Waals surface area contributed by atoms with E-state index in [1.807, 2.05) is 0 Å². The van der Waals surface area contributed by atoms with Gasteiger partial charge in [-0.1, -0.05) is 0 Å². The Balaban J connectivity index is 1.46. The average Bonchev–Trinajstić information content (AvgIpc) is 3.11. The Kier molecular flexibility index (Phi) is 3.77. The van der Waals surface area contributed by atoms with Gasteiger partial charge in [0.05, 0.1) is 6.33 Å². The van der Waals surface area contributed by atoms with Gasteiger partial charge >= 0.3 is 0 Å². The van der Waals surface area contributed by atoms with Crippen molar-refractivity contribution in [1.82, 2.24) is 18.8 Å². The second-order valence-electron chi connectivity index (χ2n) is 7.50. The average molecular weight is 338 g/mol. The summed E-state index contributed by atoms with van der Waals surface area (Å²) in [5.41, 5.74) is 0.263. The van der Waals surface area contributed by atoms with Gasteiger partial charge in [0.2, 0.25) is 0 Å². The minimum absolute atomic E-state index is 0.178. The highest BCUT2D eigenvalue weighted by Crippen LogP contribution is 2.42. The van der Waals surface area contributed by atoms with E-state index in [4.69, 9.17) is 0 Å². The fraction of sp³-hybridized carbons (Fsp3) is 0.812. The summed E-state index contributed by atoms with van der Waals surface area (Å²) >= 11 is 0. The van der Waals surface area contributed by atoms with Crippen molar-refractivity contribution in [2.75, 3.05) is 26.2 Å². The molecule has 6 nitrogen and oxygen atoms in total. The van der Waals surface area contributed by atoms with E-state index in [1.165, 1.54) is 38.8 Å². The largest absolute Gasteiger partial charge is 0.339 e. The number of aromatic nitrogens is 2. The molecule has 7 heteroatoms. The van der Waals surface area contributed by atoms with E-state index in [9.17, 15) is 8.42 Å². The lowest BCUT2D eigenvalue weighted by molar-refractivity contribution is 0.0743. The molecule has 1 aromatic rings. The summed E-state index contributed by atoms with van der Waals surface area (Å²) in [5, 5.41) is 0.178. The monoisotopic (exact) mass is 338 g/mol. The van der Waals surface area contributed by atoms with Gasteiger partial charge < -0.3 is 4.57 Å². The molecule has 3 fully saturated rings. The van der Waals surface area contributed by atoms with Gasteiger partial charge in [-0.2, -0.15) is 4.31 Å². The summed E-state index contributed by atoms with van der Waals surface area (Å²) in [4.78, 5) is 6.71. The maximum absolute atomic E-state index is 12.7. The Bertz CT molecular complexity index is 672. The van der Waals surface area contributed by atoms with E-state index in [2.05, 4.69) is 9.88 Å². The Labute approximate surface area is 138 Å². The molecular formula is C16H26N4O2S. The highest BCUT2D eigenvalue weighted by atomic mass is 32.2. The molecule has 128 valence electrons. The minimum Gasteiger partial charge on any atom is -0.339 e. The van der Waals surface area contributed by atoms with E-state index in [1.54, 1.807) is 28.4 Å². The second kappa shape index (κ2) is 5.57. The van der Waals surface area contributed by atoms with Gasteiger partial charge in [0.15, 0.2) is 5.03 Å². The first-order valence-electron chi connectivity index (χ1n) is 8.73. The molecule has 23 heavy (non-hydrogen) atoms. The van der Waals surface area contributed by atoms with Crippen molar-refractivity contribution >= 4 is 10.0 Å². The van der Waals surface area contributed by atoms with E-state index >= 15 is 0 Å². The molecule has 0 amide bonds. The zero-order valence-corrected chi connectivity index (χ0v) is 14.6. The normalized spacial score (nSPS) is 26.1. The predicted molar refractivity (Wildman–Crippen MR) is 87.5 cm³/mol. The lowest BCUT2D eigenvalue weighted by Crippen LogP contribution is -2.53. The van der Waals surface area contributed by atoms with Crippen LogP contribution in [0.2, 0.25) is 0 Å². The summed E-state index contributed by atoms with van der Waals surface area (Å²) in [7, 11) is -1.64. The Hall–Kier alpha value is -0.920. The van der Waals surface area contributed by atoms with Gasteiger partial charge in [0.25, 0.3) is 10.0 Å². The standard InChI is InChI=1S/C16H26N4O2S/c1-18-12-15(17-13-18)23(21,22)20-9-6-16(7-10-20)5-2-8-19(16)11-14-3-4-14/h12-14H,2-11H2,1H3. The van der Waals surface area contributed by atoms with Crippen LogP contribution in [0.15, 0.2) is 17.6 Å². The first kappa shape index (κ1) is 15.6. The predicted octanol–water partition coefficient (Wildman–Crippen LogP) is 1.45. The molecule has 2 aliphatic heterocycles. The Morgan fingerprint density at radius 1 is 1.22 bits per heavy atom. The first-order chi connectivity index (χ1) is 11.0. The van der Waals surface area contributed by atoms with E-state index < -0.39 is 10.0 Å². The van der Waals surface area contributed by atoms with Crippen LogP contribution >= 0.6 is 0 Å². The van der Waals surface area contributed by atoms with Gasteiger partial charge in [0.1, 0.15) is 0 Å². The second-order valence-corrected chi connectivity index (χ2v) is 9.38. The van der Waals surface area contributed by atoms with Gasteiger partial charge in [-0.05, 0) is 51.0 Å². The number of nitrogens with zero attached hydrogens (tertiary/aromatic N) is 4.